The summed E-state index contributed by atoms with van der Waals surface area (Å²) in [7, 11) is 0. The molecule has 0 aliphatic rings. The van der Waals surface area contributed by atoms with Gasteiger partial charge in [0.1, 0.15) is 0 Å². The average Bonchev–Trinajstić information content (AvgIpc) is 2.78. The van der Waals surface area contributed by atoms with Crippen molar-refractivity contribution >= 4 is 0 Å². The molecule has 0 aliphatic heterocycles. The molecule has 0 aromatic rings. The summed E-state index contributed by atoms with van der Waals surface area (Å²) in [5, 5.41) is 3.67. The van der Waals surface area contributed by atoms with Crippen LogP contribution in [0.5, 0.6) is 0 Å². The van der Waals surface area contributed by atoms with Crippen molar-refractivity contribution in [2.45, 2.75) is 143 Å². The first kappa shape index (κ1) is 29.9. The highest BCUT2D eigenvalue weighted by molar-refractivity contribution is 4.53. The van der Waals surface area contributed by atoms with Crippen LogP contribution in [0.2, 0.25) is 0 Å². The van der Waals surface area contributed by atoms with Crippen molar-refractivity contribution in [3.05, 3.63) is 0 Å². The Morgan fingerprint density at radius 3 is 1.10 bits per heavy atom. The molecule has 0 aromatic heterocycles. The van der Waals surface area contributed by atoms with Crippen LogP contribution in [0.15, 0.2) is 0 Å². The van der Waals surface area contributed by atoms with E-state index in [2.05, 4.69) is 33.0 Å². The number of rotatable bonds is 25. The maximum atomic E-state index is 3.67. The van der Waals surface area contributed by atoms with Gasteiger partial charge in [-0.25, -0.2) is 0 Å². The maximum absolute atomic E-state index is 3.67. The molecule has 0 rings (SSSR count). The average molecular weight is 426 g/mol. The fourth-order valence-electron chi connectivity index (χ4n) is 4.77. The van der Waals surface area contributed by atoms with Gasteiger partial charge < -0.3 is 9.80 Å². The largest absolute Gasteiger partial charge is 0.324 e. The van der Waals surface area contributed by atoms with Crippen LogP contribution < -0.4 is 5.32 Å². The van der Waals surface area contributed by atoms with Gasteiger partial charge in [0.2, 0.25) is 0 Å². The molecule has 0 saturated carbocycles. The standard InChI is InChI=1S/C28H61N2/c1-5-9-10-11-12-13-14-15-16-17-18-19-20-21-22-23-26-29-27-24-25-28-30(6-2,7-3)8-4/h29H,5-28H2,1-4H3/q+1. The van der Waals surface area contributed by atoms with Gasteiger partial charge in [0.25, 0.3) is 0 Å². The number of hydrogen-bond acceptors (Lipinski definition) is 1. The summed E-state index contributed by atoms with van der Waals surface area (Å²) in [6, 6.07) is 0. The van der Waals surface area contributed by atoms with E-state index in [1.807, 2.05) is 0 Å². The van der Waals surface area contributed by atoms with Crippen molar-refractivity contribution < 1.29 is 4.48 Å². The van der Waals surface area contributed by atoms with Crippen LogP contribution in [-0.4, -0.2) is 43.8 Å². The summed E-state index contributed by atoms with van der Waals surface area (Å²) in [6.45, 7) is 17.0. The van der Waals surface area contributed by atoms with E-state index in [4.69, 9.17) is 0 Å². The van der Waals surface area contributed by atoms with Crippen LogP contribution >= 0.6 is 0 Å². The molecule has 0 atom stereocenters. The number of unbranched alkanes of at least 4 members (excludes halogenated alkanes) is 16. The number of hydrogen-bond donors (Lipinski definition) is 1. The second-order valence-electron chi connectivity index (χ2n) is 9.77. The molecular formula is C28H61N2+. The third kappa shape index (κ3) is 18.7. The van der Waals surface area contributed by atoms with Crippen molar-refractivity contribution in [2.75, 3.05) is 39.3 Å². The van der Waals surface area contributed by atoms with E-state index in [1.165, 1.54) is 159 Å². The van der Waals surface area contributed by atoms with Crippen molar-refractivity contribution in [1.29, 1.82) is 0 Å². The zero-order chi connectivity index (χ0) is 22.2. The van der Waals surface area contributed by atoms with Gasteiger partial charge in [-0.2, -0.15) is 0 Å². The number of nitrogens with one attached hydrogen (secondary N) is 1. The molecule has 0 aromatic carbocycles. The monoisotopic (exact) mass is 425 g/mol. The van der Waals surface area contributed by atoms with Gasteiger partial charge in [-0.15, -0.1) is 0 Å². The van der Waals surface area contributed by atoms with Crippen LogP contribution in [0, 0.1) is 0 Å². The fourth-order valence-corrected chi connectivity index (χ4v) is 4.77. The molecule has 0 spiro atoms. The normalized spacial score (nSPS) is 12.0. The van der Waals surface area contributed by atoms with Crippen LogP contribution in [0.4, 0.5) is 0 Å². The lowest BCUT2D eigenvalue weighted by Gasteiger charge is -2.35. The van der Waals surface area contributed by atoms with Gasteiger partial charge >= 0.3 is 0 Å². The Kier molecular flexibility index (Phi) is 23.5. The molecular weight excluding hydrogens is 364 g/mol. The maximum Gasteiger partial charge on any atom is 0.0786 e. The Bertz CT molecular complexity index is 303. The summed E-state index contributed by atoms with van der Waals surface area (Å²) < 4.78 is 1.30. The third-order valence-corrected chi connectivity index (χ3v) is 7.46. The lowest BCUT2D eigenvalue weighted by Crippen LogP contribution is -2.48. The second-order valence-corrected chi connectivity index (χ2v) is 9.77. The van der Waals surface area contributed by atoms with E-state index in [0.717, 1.165) is 0 Å². The first-order chi connectivity index (χ1) is 14.7. The van der Waals surface area contributed by atoms with Crippen molar-refractivity contribution in [1.82, 2.24) is 5.32 Å². The van der Waals surface area contributed by atoms with Crippen molar-refractivity contribution in [3.63, 3.8) is 0 Å². The van der Waals surface area contributed by atoms with E-state index in [0.29, 0.717) is 0 Å². The topological polar surface area (TPSA) is 12.0 Å². The minimum Gasteiger partial charge on any atom is -0.324 e. The predicted molar refractivity (Wildman–Crippen MR) is 138 cm³/mol. The third-order valence-electron chi connectivity index (χ3n) is 7.46. The molecule has 0 aliphatic carbocycles. The molecule has 0 heterocycles. The van der Waals surface area contributed by atoms with Gasteiger partial charge in [-0.1, -0.05) is 103 Å². The minimum absolute atomic E-state index is 1.22. The molecule has 0 radical (unpaired) electrons. The van der Waals surface area contributed by atoms with Gasteiger partial charge in [0.15, 0.2) is 0 Å². The molecule has 0 bridgehead atoms. The molecule has 0 saturated heterocycles. The molecule has 2 heteroatoms. The van der Waals surface area contributed by atoms with Crippen LogP contribution in [-0.2, 0) is 0 Å². The molecule has 182 valence electrons. The van der Waals surface area contributed by atoms with E-state index in [1.54, 1.807) is 0 Å². The van der Waals surface area contributed by atoms with Gasteiger partial charge in [-0.3, -0.25) is 0 Å². The fraction of sp³-hybridized carbons (Fsp3) is 1.00. The highest BCUT2D eigenvalue weighted by Crippen LogP contribution is 2.13. The minimum atomic E-state index is 1.22. The Hall–Kier alpha value is -0.0800. The second kappa shape index (κ2) is 23.6. The summed E-state index contributed by atoms with van der Waals surface area (Å²) in [5.41, 5.74) is 0. The molecule has 0 unspecified atom stereocenters. The van der Waals surface area contributed by atoms with E-state index >= 15 is 0 Å². The van der Waals surface area contributed by atoms with Crippen LogP contribution in [0.1, 0.15) is 143 Å². The lowest BCUT2D eigenvalue weighted by molar-refractivity contribution is -0.923. The van der Waals surface area contributed by atoms with E-state index in [9.17, 15) is 0 Å². The highest BCUT2D eigenvalue weighted by Gasteiger charge is 2.19. The van der Waals surface area contributed by atoms with Crippen LogP contribution in [0.25, 0.3) is 0 Å². The smallest absolute Gasteiger partial charge is 0.0786 e. The highest BCUT2D eigenvalue weighted by atomic mass is 15.3. The summed E-state index contributed by atoms with van der Waals surface area (Å²) >= 11 is 0. The Balaban J connectivity index is 3.16. The van der Waals surface area contributed by atoms with Gasteiger partial charge in [-0.05, 0) is 53.1 Å². The molecule has 2 nitrogen and oxygen atoms in total. The summed E-state index contributed by atoms with van der Waals surface area (Å²) in [6.07, 6.45) is 26.0. The molecule has 30 heavy (non-hydrogen) atoms. The first-order valence-corrected chi connectivity index (χ1v) is 14.3. The van der Waals surface area contributed by atoms with Gasteiger partial charge in [0, 0.05) is 0 Å². The lowest BCUT2D eigenvalue weighted by atomic mass is 10.0. The summed E-state index contributed by atoms with van der Waals surface area (Å²) in [4.78, 5) is 0. The number of quaternary nitrogens is 1. The first-order valence-electron chi connectivity index (χ1n) is 14.3. The van der Waals surface area contributed by atoms with E-state index < -0.39 is 0 Å². The number of nitrogens with zero attached hydrogens (tertiary/aromatic N) is 1. The zero-order valence-electron chi connectivity index (χ0n) is 21.9. The zero-order valence-corrected chi connectivity index (χ0v) is 21.9. The van der Waals surface area contributed by atoms with Crippen molar-refractivity contribution in [3.8, 4) is 0 Å². The quantitative estimate of drug-likeness (QED) is 0.114. The molecule has 1 N–H and O–H groups in total. The van der Waals surface area contributed by atoms with E-state index in [-0.39, 0.29) is 0 Å². The Morgan fingerprint density at radius 1 is 0.400 bits per heavy atom. The molecule has 0 fully saturated rings. The van der Waals surface area contributed by atoms with Crippen molar-refractivity contribution in [2.24, 2.45) is 0 Å². The predicted octanol–water partition coefficient (Wildman–Crippen LogP) is 8.49. The molecule has 0 amide bonds. The van der Waals surface area contributed by atoms with Crippen LogP contribution in [0.3, 0.4) is 0 Å². The summed E-state index contributed by atoms with van der Waals surface area (Å²) in [5.74, 6) is 0. The Morgan fingerprint density at radius 2 is 0.733 bits per heavy atom. The Labute approximate surface area is 192 Å². The van der Waals surface area contributed by atoms with Gasteiger partial charge in [0.05, 0.1) is 26.2 Å². The SMILES string of the molecule is CCCCCCCCCCCCCCCCCCNCCCC[N+](CC)(CC)CC.